The van der Waals surface area contributed by atoms with Crippen molar-refractivity contribution < 1.29 is 31.8 Å². The zero-order valence-corrected chi connectivity index (χ0v) is 12.9. The molecule has 2 aromatic rings. The quantitative estimate of drug-likeness (QED) is 0.580. The minimum Gasteiger partial charge on any atom is -0.355 e. The Hall–Kier alpha value is -1.96. The Bertz CT molecular complexity index is 691. The molecule has 0 radical (unpaired) electrons. The van der Waals surface area contributed by atoms with Crippen LogP contribution < -0.4 is 0 Å². The lowest BCUT2D eigenvalue weighted by Gasteiger charge is -2.31. The molecule has 2 saturated heterocycles. The largest absolute Gasteiger partial charge is 0.395 e. The summed E-state index contributed by atoms with van der Waals surface area (Å²) in [4.78, 5) is 0. The third-order valence-corrected chi connectivity index (χ3v) is 4.54. The van der Waals surface area contributed by atoms with Crippen molar-refractivity contribution in [2.45, 2.75) is 23.4 Å². The van der Waals surface area contributed by atoms with Gasteiger partial charge in [-0.15, -0.1) is 0 Å². The van der Waals surface area contributed by atoms with Crippen molar-refractivity contribution in [2.24, 2.45) is 0 Å². The van der Waals surface area contributed by atoms with Crippen LogP contribution in [0.1, 0.15) is 11.1 Å². The third kappa shape index (κ3) is 2.46. The molecule has 132 valence electrons. The molecule has 0 spiro atoms. The van der Waals surface area contributed by atoms with E-state index >= 15 is 0 Å². The summed E-state index contributed by atoms with van der Waals surface area (Å²) >= 11 is 0. The third-order valence-electron chi connectivity index (χ3n) is 4.54. The highest BCUT2D eigenvalue weighted by atomic mass is 19.3. The second-order valence-corrected chi connectivity index (χ2v) is 6.10. The fraction of sp³-hybridized carbons (Fsp3) is 0.333. The number of rotatable bonds is 6. The van der Waals surface area contributed by atoms with Gasteiger partial charge in [-0.05, 0) is 11.1 Å². The second-order valence-electron chi connectivity index (χ2n) is 6.10. The predicted octanol–water partition coefficient (Wildman–Crippen LogP) is 4.04. The normalized spacial score (nSPS) is 28.6. The molecule has 7 heteroatoms. The summed E-state index contributed by atoms with van der Waals surface area (Å²) in [7, 11) is 0. The number of halogens is 4. The Balaban J connectivity index is 1.63. The van der Waals surface area contributed by atoms with E-state index in [9.17, 15) is 17.6 Å². The van der Waals surface area contributed by atoms with Gasteiger partial charge in [-0.3, -0.25) is 0 Å². The number of epoxide rings is 2. The van der Waals surface area contributed by atoms with Gasteiger partial charge in [0, 0.05) is 0 Å². The molecular formula is C18H14F4O3. The Labute approximate surface area is 141 Å². The molecule has 2 heterocycles. The summed E-state index contributed by atoms with van der Waals surface area (Å²) in [5, 5.41) is 0. The summed E-state index contributed by atoms with van der Waals surface area (Å²) in [6, 6.07) is 15.0. The first-order valence-electron chi connectivity index (χ1n) is 7.68. The lowest BCUT2D eigenvalue weighted by molar-refractivity contribution is -0.413. The van der Waals surface area contributed by atoms with Crippen LogP contribution in [0.25, 0.3) is 0 Å². The maximum absolute atomic E-state index is 14.6. The molecule has 0 aliphatic carbocycles. The Morgan fingerprint density at radius 1 is 0.680 bits per heavy atom. The Kier molecular flexibility index (Phi) is 3.48. The van der Waals surface area contributed by atoms with E-state index in [-0.39, 0.29) is 11.1 Å². The molecule has 25 heavy (non-hydrogen) atoms. The minimum absolute atomic E-state index is 0.0845. The summed E-state index contributed by atoms with van der Waals surface area (Å²) in [6.07, 6.45) is -8.46. The molecule has 2 fully saturated rings. The highest BCUT2D eigenvalue weighted by Gasteiger charge is 2.75. The zero-order valence-electron chi connectivity index (χ0n) is 12.9. The molecule has 0 bridgehead atoms. The first-order chi connectivity index (χ1) is 11.8. The van der Waals surface area contributed by atoms with Crippen molar-refractivity contribution in [2.75, 3.05) is 13.2 Å². The molecule has 2 unspecified atom stereocenters. The van der Waals surface area contributed by atoms with E-state index in [1.165, 1.54) is 48.5 Å². The van der Waals surface area contributed by atoms with Gasteiger partial charge in [0.1, 0.15) is 0 Å². The molecule has 0 saturated carbocycles. The van der Waals surface area contributed by atoms with E-state index in [1.807, 2.05) is 0 Å². The SMILES string of the molecule is FC(F)(OC(F)(F)C1(c2ccccc2)CO1)C1(c2ccccc2)CO1. The molecule has 3 nitrogen and oxygen atoms in total. The van der Waals surface area contributed by atoms with E-state index < -0.39 is 36.6 Å². The van der Waals surface area contributed by atoms with Crippen molar-refractivity contribution in [1.29, 1.82) is 0 Å². The maximum Gasteiger partial charge on any atom is 0.395 e. The summed E-state index contributed by atoms with van der Waals surface area (Å²) in [5.41, 5.74) is -4.24. The first-order valence-corrected chi connectivity index (χ1v) is 7.68. The Morgan fingerprint density at radius 3 is 1.28 bits per heavy atom. The standard InChI is InChI=1S/C18H14F4O3/c19-17(20,15(11-23-15)13-7-3-1-4-8-13)25-18(21,22)16(12-24-16)14-9-5-2-6-10-14/h1-10H,11-12H2. The van der Waals surface area contributed by atoms with Crippen LogP contribution >= 0.6 is 0 Å². The van der Waals surface area contributed by atoms with Gasteiger partial charge in [0.15, 0.2) is 0 Å². The summed E-state index contributed by atoms with van der Waals surface area (Å²) in [5.74, 6) is 0. The second kappa shape index (κ2) is 5.27. The van der Waals surface area contributed by atoms with Crippen molar-refractivity contribution in [3.63, 3.8) is 0 Å². The molecule has 4 rings (SSSR count). The van der Waals surface area contributed by atoms with Gasteiger partial charge in [0.2, 0.25) is 11.2 Å². The number of benzene rings is 2. The lowest BCUT2D eigenvalue weighted by Crippen LogP contribution is -2.49. The van der Waals surface area contributed by atoms with Gasteiger partial charge in [-0.1, -0.05) is 60.7 Å². The van der Waals surface area contributed by atoms with Crippen LogP contribution in [0.5, 0.6) is 0 Å². The van der Waals surface area contributed by atoms with Crippen molar-refractivity contribution >= 4 is 0 Å². The molecule has 2 aliphatic rings. The topological polar surface area (TPSA) is 34.3 Å². The van der Waals surface area contributed by atoms with Crippen LogP contribution in [0.4, 0.5) is 17.6 Å². The van der Waals surface area contributed by atoms with Gasteiger partial charge in [-0.25, -0.2) is 4.74 Å². The first kappa shape index (κ1) is 16.5. The average molecular weight is 354 g/mol. The highest BCUT2D eigenvalue weighted by Crippen LogP contribution is 2.58. The van der Waals surface area contributed by atoms with Crippen LogP contribution in [-0.2, 0) is 25.4 Å². The summed E-state index contributed by atoms with van der Waals surface area (Å²) in [6.45, 7) is -0.807. The highest BCUT2D eigenvalue weighted by molar-refractivity contribution is 5.31. The molecule has 2 aromatic carbocycles. The van der Waals surface area contributed by atoms with Crippen LogP contribution in [0.2, 0.25) is 0 Å². The average Bonchev–Trinajstić information content (AvgIpc) is 3.49. The molecule has 0 aromatic heterocycles. The van der Waals surface area contributed by atoms with E-state index in [0.717, 1.165) is 0 Å². The van der Waals surface area contributed by atoms with Gasteiger partial charge in [0.25, 0.3) is 0 Å². The van der Waals surface area contributed by atoms with Gasteiger partial charge >= 0.3 is 12.2 Å². The van der Waals surface area contributed by atoms with Gasteiger partial charge in [-0.2, -0.15) is 17.6 Å². The number of alkyl halides is 4. The minimum atomic E-state index is -4.23. The van der Waals surface area contributed by atoms with Crippen molar-refractivity contribution in [3.05, 3.63) is 71.8 Å². The van der Waals surface area contributed by atoms with E-state index in [1.54, 1.807) is 12.1 Å². The van der Waals surface area contributed by atoms with E-state index in [0.29, 0.717) is 0 Å². The number of ether oxygens (including phenoxy) is 3. The fourth-order valence-corrected chi connectivity index (χ4v) is 2.89. The molecule has 0 amide bonds. The van der Waals surface area contributed by atoms with Crippen LogP contribution in [0.15, 0.2) is 60.7 Å². The van der Waals surface area contributed by atoms with Crippen LogP contribution in [0, 0.1) is 0 Å². The fourth-order valence-electron chi connectivity index (χ4n) is 2.89. The van der Waals surface area contributed by atoms with Crippen molar-refractivity contribution in [3.8, 4) is 0 Å². The monoisotopic (exact) mass is 354 g/mol. The van der Waals surface area contributed by atoms with E-state index in [4.69, 9.17) is 9.47 Å². The van der Waals surface area contributed by atoms with Crippen LogP contribution in [0.3, 0.4) is 0 Å². The molecular weight excluding hydrogens is 340 g/mol. The zero-order chi connectivity index (χ0) is 17.8. The smallest absolute Gasteiger partial charge is 0.355 e. The van der Waals surface area contributed by atoms with E-state index in [2.05, 4.69) is 4.74 Å². The molecule has 2 atom stereocenters. The van der Waals surface area contributed by atoms with Crippen LogP contribution in [-0.4, -0.2) is 25.4 Å². The number of hydrogen-bond acceptors (Lipinski definition) is 3. The number of hydrogen-bond donors (Lipinski definition) is 0. The maximum atomic E-state index is 14.6. The lowest BCUT2D eigenvalue weighted by atomic mass is 9.97. The van der Waals surface area contributed by atoms with Gasteiger partial charge < -0.3 is 9.47 Å². The predicted molar refractivity (Wildman–Crippen MR) is 79.1 cm³/mol. The van der Waals surface area contributed by atoms with Crippen molar-refractivity contribution in [1.82, 2.24) is 0 Å². The van der Waals surface area contributed by atoms with Gasteiger partial charge in [0.05, 0.1) is 13.2 Å². The Morgan fingerprint density at radius 2 is 1.00 bits per heavy atom. The summed E-state index contributed by atoms with van der Waals surface area (Å²) < 4.78 is 72.4. The molecule has 0 N–H and O–H groups in total. The molecule has 2 aliphatic heterocycles.